The van der Waals surface area contributed by atoms with Crippen LogP contribution in [0.2, 0.25) is 0 Å². The molecule has 0 bridgehead atoms. The average molecular weight is 746 g/mol. The maximum atomic E-state index is 5.19. The van der Waals surface area contributed by atoms with Crippen molar-refractivity contribution in [2.24, 2.45) is 0 Å². The first-order valence-corrected chi connectivity index (χ1v) is 19.9. The summed E-state index contributed by atoms with van der Waals surface area (Å²) < 4.78 is 7.27. The molecule has 0 spiro atoms. The van der Waals surface area contributed by atoms with Gasteiger partial charge in [0.2, 0.25) is 0 Å². The first-order valence-electron chi connectivity index (χ1n) is 19.1. The summed E-state index contributed by atoms with van der Waals surface area (Å²) in [5.74, 6) is 1.95. The summed E-state index contributed by atoms with van der Waals surface area (Å²) in [5.41, 5.74) is 9.87. The number of hydrogen-bond acceptors (Lipinski definition) is 4. The molecule has 0 saturated heterocycles. The van der Waals surface area contributed by atoms with Gasteiger partial charge in [-0.1, -0.05) is 140 Å². The Morgan fingerprint density at radius 1 is 0.368 bits per heavy atom. The van der Waals surface area contributed by atoms with E-state index in [4.69, 9.17) is 15.0 Å². The van der Waals surface area contributed by atoms with Gasteiger partial charge in [-0.25, -0.2) is 15.0 Å². The predicted octanol–water partition coefficient (Wildman–Crippen LogP) is 13.4. The molecule has 0 radical (unpaired) electrons. The summed E-state index contributed by atoms with van der Waals surface area (Å²) in [7, 11) is 0. The van der Waals surface area contributed by atoms with Crippen molar-refractivity contribution in [3.05, 3.63) is 188 Å². The molecule has 0 amide bonds. The molecule has 8 aromatic carbocycles. The highest BCUT2D eigenvalue weighted by Gasteiger charge is 2.24. The van der Waals surface area contributed by atoms with E-state index in [1.165, 1.54) is 59.1 Å². The fourth-order valence-electron chi connectivity index (χ4n) is 8.72. The summed E-state index contributed by atoms with van der Waals surface area (Å²) >= 11 is 1.80. The van der Waals surface area contributed by atoms with E-state index in [9.17, 15) is 0 Å². The fraction of sp³-hybridized carbons (Fsp3) is 0. The second kappa shape index (κ2) is 12.6. The van der Waals surface area contributed by atoms with Gasteiger partial charge in [0.25, 0.3) is 0 Å². The molecule has 12 rings (SSSR count). The lowest BCUT2D eigenvalue weighted by atomic mass is 10.0. The number of aromatic nitrogens is 5. The van der Waals surface area contributed by atoms with Crippen LogP contribution in [-0.2, 0) is 0 Å². The Morgan fingerprint density at radius 3 is 1.63 bits per heavy atom. The van der Waals surface area contributed by atoms with Crippen molar-refractivity contribution in [1.82, 2.24) is 24.1 Å². The van der Waals surface area contributed by atoms with Crippen LogP contribution in [0.1, 0.15) is 0 Å². The third-order valence-corrected chi connectivity index (χ3v) is 12.4. The molecule has 4 heterocycles. The van der Waals surface area contributed by atoms with Crippen LogP contribution in [-0.4, -0.2) is 24.1 Å². The summed E-state index contributed by atoms with van der Waals surface area (Å²) in [6, 6.07) is 66.6. The third kappa shape index (κ3) is 4.84. The van der Waals surface area contributed by atoms with Crippen LogP contribution in [0.4, 0.5) is 0 Å². The first-order chi connectivity index (χ1) is 28.3. The fourth-order valence-corrected chi connectivity index (χ4v) is 9.95. The molecule has 6 heteroatoms. The molecule has 12 aromatic rings. The summed E-state index contributed by atoms with van der Waals surface area (Å²) in [6.07, 6.45) is 0. The Hall–Kier alpha value is -7.41. The van der Waals surface area contributed by atoms with Crippen molar-refractivity contribution in [3.8, 4) is 45.5 Å². The minimum atomic E-state index is 0.650. The van der Waals surface area contributed by atoms with Gasteiger partial charge in [-0.05, 0) is 48.5 Å². The molecule has 0 saturated carbocycles. The summed E-state index contributed by atoms with van der Waals surface area (Å²) in [6.45, 7) is 0. The van der Waals surface area contributed by atoms with E-state index in [1.807, 2.05) is 36.4 Å². The Bertz CT molecular complexity index is 3450. The number of fused-ring (bicyclic) bond motifs is 10. The second-order valence-electron chi connectivity index (χ2n) is 14.4. The van der Waals surface area contributed by atoms with Gasteiger partial charge in [-0.3, -0.25) is 0 Å². The van der Waals surface area contributed by atoms with E-state index in [1.54, 1.807) is 11.3 Å². The monoisotopic (exact) mass is 745 g/mol. The molecule has 57 heavy (non-hydrogen) atoms. The van der Waals surface area contributed by atoms with Crippen molar-refractivity contribution in [2.75, 3.05) is 0 Å². The highest BCUT2D eigenvalue weighted by Crippen LogP contribution is 2.47. The van der Waals surface area contributed by atoms with Crippen molar-refractivity contribution < 1.29 is 0 Å². The maximum absolute atomic E-state index is 5.19. The Balaban J connectivity index is 1.20. The number of thiophene rings is 1. The molecule has 4 aromatic heterocycles. The van der Waals surface area contributed by atoms with Gasteiger partial charge in [0.15, 0.2) is 17.5 Å². The van der Waals surface area contributed by atoms with Crippen molar-refractivity contribution in [2.45, 2.75) is 0 Å². The van der Waals surface area contributed by atoms with E-state index in [2.05, 4.69) is 161 Å². The number of nitrogens with zero attached hydrogens (tertiary/aromatic N) is 5. The zero-order chi connectivity index (χ0) is 37.5. The van der Waals surface area contributed by atoms with Crippen LogP contribution in [0.5, 0.6) is 0 Å². The van der Waals surface area contributed by atoms with Gasteiger partial charge in [0.1, 0.15) is 0 Å². The van der Waals surface area contributed by atoms with E-state index >= 15 is 0 Å². The third-order valence-electron chi connectivity index (χ3n) is 11.2. The molecular formula is C51H31N5S. The molecule has 5 nitrogen and oxygen atoms in total. The van der Waals surface area contributed by atoms with Crippen LogP contribution >= 0.6 is 11.3 Å². The van der Waals surface area contributed by atoms with E-state index in [-0.39, 0.29) is 0 Å². The number of hydrogen-bond donors (Lipinski definition) is 0. The normalized spacial score (nSPS) is 11.9. The van der Waals surface area contributed by atoms with Crippen LogP contribution in [0.3, 0.4) is 0 Å². The van der Waals surface area contributed by atoms with Gasteiger partial charge < -0.3 is 9.13 Å². The quantitative estimate of drug-likeness (QED) is 0.176. The zero-order valence-electron chi connectivity index (χ0n) is 30.5. The number of para-hydroxylation sites is 3. The van der Waals surface area contributed by atoms with Crippen LogP contribution < -0.4 is 0 Å². The lowest BCUT2D eigenvalue weighted by Crippen LogP contribution is -2.01. The molecule has 0 aliphatic carbocycles. The summed E-state index contributed by atoms with van der Waals surface area (Å²) in [5, 5.41) is 7.30. The van der Waals surface area contributed by atoms with E-state index in [0.717, 1.165) is 32.8 Å². The van der Waals surface area contributed by atoms with Gasteiger partial charge in [0.05, 0.1) is 27.8 Å². The molecule has 0 N–H and O–H groups in total. The SMILES string of the molecule is c1ccc(-c2nc(-c3ccccc3)nc(-c3ccc(-n4c5ccccc5c5ccc6c(c7ccccc7n6-c6ccccc6)c54)c4c3sc3ccccc34)n2)cc1. The second-order valence-corrected chi connectivity index (χ2v) is 15.4. The smallest absolute Gasteiger partial charge is 0.165 e. The van der Waals surface area contributed by atoms with Gasteiger partial charge in [-0.15, -0.1) is 11.3 Å². The lowest BCUT2D eigenvalue weighted by Gasteiger charge is -2.14. The minimum Gasteiger partial charge on any atom is -0.309 e. The largest absolute Gasteiger partial charge is 0.309 e. The Labute approximate surface area is 331 Å². The lowest BCUT2D eigenvalue weighted by molar-refractivity contribution is 1.08. The average Bonchev–Trinajstić information content (AvgIpc) is 3.95. The van der Waals surface area contributed by atoms with E-state index in [0.29, 0.717) is 17.5 Å². The molecule has 0 aliphatic rings. The Kier molecular flexibility index (Phi) is 7.03. The zero-order valence-corrected chi connectivity index (χ0v) is 31.4. The van der Waals surface area contributed by atoms with Crippen molar-refractivity contribution >= 4 is 75.1 Å². The van der Waals surface area contributed by atoms with Gasteiger partial charge in [0, 0.05) is 64.1 Å². The predicted molar refractivity (Wildman–Crippen MR) is 238 cm³/mol. The molecule has 0 unspecified atom stereocenters. The highest BCUT2D eigenvalue weighted by atomic mass is 32.1. The highest BCUT2D eigenvalue weighted by molar-refractivity contribution is 7.26. The van der Waals surface area contributed by atoms with Crippen LogP contribution in [0.25, 0.3) is 109 Å². The Morgan fingerprint density at radius 2 is 0.930 bits per heavy atom. The van der Waals surface area contributed by atoms with Crippen LogP contribution in [0.15, 0.2) is 188 Å². The minimum absolute atomic E-state index is 0.650. The topological polar surface area (TPSA) is 48.5 Å². The van der Waals surface area contributed by atoms with Crippen LogP contribution in [0, 0.1) is 0 Å². The van der Waals surface area contributed by atoms with Crippen molar-refractivity contribution in [1.29, 1.82) is 0 Å². The molecule has 266 valence electrons. The van der Waals surface area contributed by atoms with Gasteiger partial charge in [-0.2, -0.15) is 0 Å². The number of rotatable bonds is 5. The van der Waals surface area contributed by atoms with Crippen molar-refractivity contribution in [3.63, 3.8) is 0 Å². The molecule has 0 atom stereocenters. The molecule has 0 aliphatic heterocycles. The van der Waals surface area contributed by atoms with E-state index < -0.39 is 0 Å². The standard InChI is InChI=1S/C51H31N5S/c1-4-16-32(17-5-1)49-52-50(33-18-6-2-7-19-33)54-51(53-49)39-29-31-43(46-38-24-12-15-27-44(38)57-48(39)46)56-40-25-13-10-22-35(40)36-28-30-42-45(47(36)56)37-23-11-14-26-41(37)55(42)34-20-8-3-9-21-34/h1-31H. The first kappa shape index (κ1) is 31.9. The summed E-state index contributed by atoms with van der Waals surface area (Å²) in [4.78, 5) is 15.4. The molecule has 0 fully saturated rings. The molecular weight excluding hydrogens is 715 g/mol. The van der Waals surface area contributed by atoms with Gasteiger partial charge >= 0.3 is 0 Å². The number of benzene rings is 8. The maximum Gasteiger partial charge on any atom is 0.165 e.